The fourth-order valence-electron chi connectivity index (χ4n) is 3.23. The Hall–Kier alpha value is -2.67. The minimum Gasteiger partial charge on any atom is -0.351 e. The van der Waals surface area contributed by atoms with E-state index in [1.807, 2.05) is 30.3 Å². The molecule has 2 unspecified atom stereocenters. The molecule has 2 atom stereocenters. The fourth-order valence-corrected chi connectivity index (χ4v) is 3.23. The van der Waals surface area contributed by atoms with Crippen molar-refractivity contribution in [2.24, 2.45) is 5.92 Å². The second-order valence-corrected chi connectivity index (χ2v) is 6.78. The maximum absolute atomic E-state index is 12.6. The molecule has 26 heavy (non-hydrogen) atoms. The standard InChI is InChI=1S/C19H24N4O3/c1-14-11-20-9-7-16(14)21-17(24)13-23-18(25)8-10-22(19(23)26)12-15-5-3-2-4-6-15/h2-6,8,10,14,16,20H,7,9,11-13H2,1H3,(H,21,24). The third-order valence-electron chi connectivity index (χ3n) is 4.77. The van der Waals surface area contributed by atoms with Gasteiger partial charge in [-0.25, -0.2) is 4.79 Å². The first-order chi connectivity index (χ1) is 12.5. The summed E-state index contributed by atoms with van der Waals surface area (Å²) in [7, 11) is 0. The molecule has 1 saturated heterocycles. The van der Waals surface area contributed by atoms with Crippen molar-refractivity contribution in [3.63, 3.8) is 0 Å². The molecule has 138 valence electrons. The molecule has 0 radical (unpaired) electrons. The lowest BCUT2D eigenvalue weighted by Crippen LogP contribution is -2.50. The van der Waals surface area contributed by atoms with E-state index in [4.69, 9.17) is 0 Å². The highest BCUT2D eigenvalue weighted by Gasteiger charge is 2.23. The van der Waals surface area contributed by atoms with Gasteiger partial charge in [0.2, 0.25) is 5.91 Å². The largest absolute Gasteiger partial charge is 0.351 e. The number of hydrogen-bond donors (Lipinski definition) is 2. The van der Waals surface area contributed by atoms with Crippen molar-refractivity contribution in [1.82, 2.24) is 19.8 Å². The lowest BCUT2D eigenvalue weighted by atomic mass is 9.95. The van der Waals surface area contributed by atoms with E-state index in [1.54, 1.807) is 0 Å². The number of piperidine rings is 1. The van der Waals surface area contributed by atoms with Crippen molar-refractivity contribution in [2.45, 2.75) is 32.5 Å². The molecular weight excluding hydrogens is 332 g/mol. The maximum atomic E-state index is 12.6. The molecule has 3 rings (SSSR count). The Bertz CT molecular complexity index is 872. The normalized spacial score (nSPS) is 19.9. The van der Waals surface area contributed by atoms with Crippen LogP contribution in [0.25, 0.3) is 0 Å². The van der Waals surface area contributed by atoms with Gasteiger partial charge in [0.15, 0.2) is 0 Å². The van der Waals surface area contributed by atoms with Crippen LogP contribution in [0.1, 0.15) is 18.9 Å². The second kappa shape index (κ2) is 8.14. The summed E-state index contributed by atoms with van der Waals surface area (Å²) >= 11 is 0. The van der Waals surface area contributed by atoms with Gasteiger partial charge in [-0.3, -0.25) is 18.7 Å². The van der Waals surface area contributed by atoms with Crippen molar-refractivity contribution in [1.29, 1.82) is 0 Å². The number of aromatic nitrogens is 2. The highest BCUT2D eigenvalue weighted by molar-refractivity contribution is 5.76. The minimum atomic E-state index is -0.477. The van der Waals surface area contributed by atoms with Gasteiger partial charge in [-0.1, -0.05) is 37.3 Å². The first kappa shape index (κ1) is 18.1. The Morgan fingerprint density at radius 2 is 2.00 bits per heavy atom. The molecule has 1 amide bonds. The Morgan fingerprint density at radius 3 is 2.73 bits per heavy atom. The molecule has 1 fully saturated rings. The molecule has 0 aliphatic carbocycles. The van der Waals surface area contributed by atoms with Crippen molar-refractivity contribution in [2.75, 3.05) is 13.1 Å². The predicted molar refractivity (Wildman–Crippen MR) is 99.1 cm³/mol. The molecule has 2 heterocycles. The smallest absolute Gasteiger partial charge is 0.331 e. The van der Waals surface area contributed by atoms with E-state index >= 15 is 0 Å². The number of nitrogens with zero attached hydrogens (tertiary/aromatic N) is 2. The number of nitrogens with one attached hydrogen (secondary N) is 2. The van der Waals surface area contributed by atoms with E-state index in [9.17, 15) is 14.4 Å². The number of rotatable bonds is 5. The van der Waals surface area contributed by atoms with E-state index in [2.05, 4.69) is 17.6 Å². The zero-order chi connectivity index (χ0) is 18.5. The van der Waals surface area contributed by atoms with Gasteiger partial charge in [0.1, 0.15) is 6.54 Å². The summed E-state index contributed by atoms with van der Waals surface area (Å²) in [6.45, 7) is 3.86. The van der Waals surface area contributed by atoms with Crippen LogP contribution in [0.3, 0.4) is 0 Å². The van der Waals surface area contributed by atoms with Crippen molar-refractivity contribution >= 4 is 5.91 Å². The van der Waals surface area contributed by atoms with Crippen LogP contribution in [-0.4, -0.2) is 34.2 Å². The van der Waals surface area contributed by atoms with E-state index in [1.165, 1.54) is 16.8 Å². The monoisotopic (exact) mass is 356 g/mol. The highest BCUT2D eigenvalue weighted by atomic mass is 16.2. The lowest BCUT2D eigenvalue weighted by molar-refractivity contribution is -0.123. The summed E-state index contributed by atoms with van der Waals surface area (Å²) in [6, 6.07) is 10.9. The summed E-state index contributed by atoms with van der Waals surface area (Å²) in [6.07, 6.45) is 2.32. The van der Waals surface area contributed by atoms with Crippen molar-refractivity contribution in [3.8, 4) is 0 Å². The summed E-state index contributed by atoms with van der Waals surface area (Å²) in [5.41, 5.74) is 0.00969. The Balaban J connectivity index is 1.75. The molecule has 2 aromatic rings. The summed E-state index contributed by atoms with van der Waals surface area (Å²) in [5.74, 6) is 0.00958. The maximum Gasteiger partial charge on any atom is 0.331 e. The zero-order valence-electron chi connectivity index (χ0n) is 14.9. The minimum absolute atomic E-state index is 0.0645. The van der Waals surface area contributed by atoms with Gasteiger partial charge >= 0.3 is 5.69 Å². The molecule has 1 aromatic heterocycles. The molecule has 1 aliphatic rings. The van der Waals surface area contributed by atoms with Crippen LogP contribution in [0.2, 0.25) is 0 Å². The number of carbonyl (C=O) groups excluding carboxylic acids is 1. The highest BCUT2D eigenvalue weighted by Crippen LogP contribution is 2.10. The van der Waals surface area contributed by atoms with Gasteiger partial charge in [-0.05, 0) is 31.0 Å². The van der Waals surface area contributed by atoms with Crippen LogP contribution in [0.4, 0.5) is 0 Å². The lowest BCUT2D eigenvalue weighted by Gasteiger charge is -2.30. The van der Waals surface area contributed by atoms with E-state index in [-0.39, 0.29) is 18.5 Å². The molecule has 0 spiro atoms. The number of amides is 1. The Labute approximate surface area is 151 Å². The van der Waals surface area contributed by atoms with Crippen molar-refractivity contribution in [3.05, 3.63) is 69.0 Å². The van der Waals surface area contributed by atoms with E-state index in [0.717, 1.165) is 29.6 Å². The quantitative estimate of drug-likeness (QED) is 0.800. The number of carbonyl (C=O) groups is 1. The third kappa shape index (κ3) is 4.29. The van der Waals surface area contributed by atoms with Crippen LogP contribution < -0.4 is 21.9 Å². The van der Waals surface area contributed by atoms with Gasteiger partial charge in [-0.15, -0.1) is 0 Å². The van der Waals surface area contributed by atoms with Crippen LogP contribution in [-0.2, 0) is 17.9 Å². The summed E-state index contributed by atoms with van der Waals surface area (Å²) in [5, 5.41) is 6.23. The first-order valence-electron chi connectivity index (χ1n) is 8.89. The fraction of sp³-hybridized carbons (Fsp3) is 0.421. The first-order valence-corrected chi connectivity index (χ1v) is 8.89. The summed E-state index contributed by atoms with van der Waals surface area (Å²) in [4.78, 5) is 37.1. The molecular formula is C19H24N4O3. The number of hydrogen-bond acceptors (Lipinski definition) is 4. The molecule has 1 aromatic carbocycles. The molecule has 0 bridgehead atoms. The Kier molecular flexibility index (Phi) is 5.68. The molecule has 0 saturated carbocycles. The molecule has 7 nitrogen and oxygen atoms in total. The third-order valence-corrected chi connectivity index (χ3v) is 4.77. The second-order valence-electron chi connectivity index (χ2n) is 6.78. The predicted octanol–water partition coefficient (Wildman–Crippen LogP) is 0.173. The number of benzene rings is 1. The molecule has 7 heteroatoms. The molecule has 1 aliphatic heterocycles. The van der Waals surface area contributed by atoms with Gasteiger partial charge in [0.05, 0.1) is 6.54 Å². The van der Waals surface area contributed by atoms with Gasteiger partial charge in [0, 0.05) is 18.3 Å². The Morgan fingerprint density at radius 1 is 1.23 bits per heavy atom. The average molecular weight is 356 g/mol. The molecule has 2 N–H and O–H groups in total. The van der Waals surface area contributed by atoms with E-state index < -0.39 is 11.2 Å². The van der Waals surface area contributed by atoms with Crippen LogP contribution in [0, 0.1) is 5.92 Å². The van der Waals surface area contributed by atoms with Crippen LogP contribution >= 0.6 is 0 Å². The SMILES string of the molecule is CC1CNCCC1NC(=O)Cn1c(=O)ccn(Cc2ccccc2)c1=O. The zero-order valence-corrected chi connectivity index (χ0v) is 14.9. The topological polar surface area (TPSA) is 85.1 Å². The van der Waals surface area contributed by atoms with E-state index in [0.29, 0.717) is 12.5 Å². The van der Waals surface area contributed by atoms with Gasteiger partial charge in [0.25, 0.3) is 5.56 Å². The summed E-state index contributed by atoms with van der Waals surface area (Å²) < 4.78 is 2.43. The van der Waals surface area contributed by atoms with Gasteiger partial charge < -0.3 is 10.6 Å². The van der Waals surface area contributed by atoms with Gasteiger partial charge in [-0.2, -0.15) is 0 Å². The average Bonchev–Trinajstić information content (AvgIpc) is 2.64. The van der Waals surface area contributed by atoms with Crippen LogP contribution in [0.15, 0.2) is 52.2 Å². The van der Waals surface area contributed by atoms with Crippen molar-refractivity contribution < 1.29 is 4.79 Å². The van der Waals surface area contributed by atoms with Crippen LogP contribution in [0.5, 0.6) is 0 Å².